The molecule has 0 bridgehead atoms. The normalized spacial score (nSPS) is 23.4. The molecule has 1 saturated heterocycles. The van der Waals surface area contributed by atoms with Crippen LogP contribution in [0.5, 0.6) is 0 Å². The van der Waals surface area contributed by atoms with Crippen LogP contribution in [0.4, 0.5) is 0 Å². The van der Waals surface area contributed by atoms with Crippen molar-refractivity contribution in [1.82, 2.24) is 15.1 Å². The van der Waals surface area contributed by atoms with E-state index >= 15 is 0 Å². The van der Waals surface area contributed by atoms with Crippen LogP contribution in [0.25, 0.3) is 0 Å². The summed E-state index contributed by atoms with van der Waals surface area (Å²) >= 11 is 0. The predicted molar refractivity (Wildman–Crippen MR) is 82.1 cm³/mol. The molecule has 1 fully saturated rings. The molecule has 20 heavy (non-hydrogen) atoms. The summed E-state index contributed by atoms with van der Waals surface area (Å²) in [6.45, 7) is 9.00. The summed E-state index contributed by atoms with van der Waals surface area (Å²) in [4.78, 5) is 16.2. The molecule has 0 aromatic heterocycles. The van der Waals surface area contributed by atoms with Crippen LogP contribution in [-0.2, 0) is 4.79 Å². The first kappa shape index (κ1) is 17.4. The zero-order valence-corrected chi connectivity index (χ0v) is 13.6. The molecule has 1 aliphatic rings. The first-order valence-corrected chi connectivity index (χ1v) is 7.64. The second kappa shape index (κ2) is 7.38. The second-order valence-corrected chi connectivity index (χ2v) is 6.75. The molecular formula is C15H31N3O2. The third-order valence-electron chi connectivity index (χ3n) is 4.21. The van der Waals surface area contributed by atoms with Crippen molar-refractivity contribution >= 4 is 5.97 Å². The summed E-state index contributed by atoms with van der Waals surface area (Å²) in [5.41, 5.74) is -0.811. The molecule has 0 radical (unpaired) electrons. The maximum absolute atomic E-state index is 11.4. The van der Waals surface area contributed by atoms with Gasteiger partial charge in [0, 0.05) is 18.6 Å². The maximum atomic E-state index is 11.4. The summed E-state index contributed by atoms with van der Waals surface area (Å²) in [5.74, 6) is -0.751. The molecule has 118 valence electrons. The highest BCUT2D eigenvalue weighted by Gasteiger charge is 2.33. The smallest absolute Gasteiger partial charge is 0.323 e. The minimum absolute atomic E-state index is 0.181. The Morgan fingerprint density at radius 2 is 2.15 bits per heavy atom. The average Bonchev–Trinajstić information content (AvgIpc) is 2.76. The van der Waals surface area contributed by atoms with Crippen molar-refractivity contribution in [3.8, 4) is 0 Å². The van der Waals surface area contributed by atoms with E-state index in [1.807, 2.05) is 13.8 Å². The second-order valence-electron chi connectivity index (χ2n) is 6.75. The molecule has 0 aromatic rings. The van der Waals surface area contributed by atoms with Crippen molar-refractivity contribution < 1.29 is 9.90 Å². The van der Waals surface area contributed by atoms with Crippen LogP contribution in [-0.4, -0.2) is 72.2 Å². The highest BCUT2D eigenvalue weighted by atomic mass is 16.4. The van der Waals surface area contributed by atoms with Crippen molar-refractivity contribution in [2.45, 2.75) is 57.7 Å². The fourth-order valence-corrected chi connectivity index (χ4v) is 2.97. The highest BCUT2D eigenvalue weighted by molar-refractivity contribution is 5.78. The van der Waals surface area contributed by atoms with Gasteiger partial charge in [0.15, 0.2) is 0 Å². The number of hydrogen-bond donors (Lipinski definition) is 2. The molecule has 0 aromatic carbocycles. The van der Waals surface area contributed by atoms with Crippen LogP contribution in [0, 0.1) is 0 Å². The van der Waals surface area contributed by atoms with Gasteiger partial charge in [-0.05, 0) is 67.2 Å². The highest BCUT2D eigenvalue weighted by Crippen LogP contribution is 2.17. The molecule has 2 N–H and O–H groups in total. The molecule has 5 nitrogen and oxygen atoms in total. The standard InChI is InChI=1S/C15H31N3O2/c1-12(2)16-15(3,14(19)20)8-6-9-18-10-7-13(11-18)17(4)5/h12-13,16H,6-11H2,1-5H3,(H,19,20). The molecular weight excluding hydrogens is 254 g/mol. The van der Waals surface area contributed by atoms with Crippen molar-refractivity contribution in [3.63, 3.8) is 0 Å². The van der Waals surface area contributed by atoms with Gasteiger partial charge < -0.3 is 14.9 Å². The third kappa shape index (κ3) is 5.04. The number of carboxylic acid groups (broad SMARTS) is 1. The molecule has 2 unspecified atom stereocenters. The van der Waals surface area contributed by atoms with Gasteiger partial charge in [-0.15, -0.1) is 0 Å². The van der Waals surface area contributed by atoms with Crippen molar-refractivity contribution in [2.24, 2.45) is 0 Å². The molecule has 0 aliphatic carbocycles. The summed E-state index contributed by atoms with van der Waals surface area (Å²) < 4.78 is 0. The van der Waals surface area contributed by atoms with Gasteiger partial charge in [-0.3, -0.25) is 10.1 Å². The fourth-order valence-electron chi connectivity index (χ4n) is 2.97. The zero-order valence-electron chi connectivity index (χ0n) is 13.6. The van der Waals surface area contributed by atoms with Crippen LogP contribution in [0.15, 0.2) is 0 Å². The van der Waals surface area contributed by atoms with Gasteiger partial charge in [0.05, 0.1) is 0 Å². The lowest BCUT2D eigenvalue weighted by molar-refractivity contribution is -0.144. The number of likely N-dealkylation sites (N-methyl/N-ethyl adjacent to an activating group) is 1. The predicted octanol–water partition coefficient (Wildman–Crippen LogP) is 1.24. The molecule has 1 rings (SSSR count). The first-order valence-electron chi connectivity index (χ1n) is 7.64. The van der Waals surface area contributed by atoms with Gasteiger partial charge in [0.25, 0.3) is 0 Å². The summed E-state index contributed by atoms with van der Waals surface area (Å²) in [6, 6.07) is 0.829. The van der Waals surface area contributed by atoms with Gasteiger partial charge in [-0.2, -0.15) is 0 Å². The van der Waals surface area contributed by atoms with Crippen molar-refractivity contribution in [1.29, 1.82) is 0 Å². The average molecular weight is 285 g/mol. The van der Waals surface area contributed by atoms with Gasteiger partial charge in [0.1, 0.15) is 5.54 Å². The Morgan fingerprint density at radius 1 is 1.50 bits per heavy atom. The number of carboxylic acids is 1. The number of rotatable bonds is 8. The fraction of sp³-hybridized carbons (Fsp3) is 0.933. The van der Waals surface area contributed by atoms with E-state index in [4.69, 9.17) is 0 Å². The maximum Gasteiger partial charge on any atom is 0.323 e. The number of likely N-dealkylation sites (tertiary alicyclic amines) is 1. The van der Waals surface area contributed by atoms with Crippen LogP contribution in [0.1, 0.15) is 40.0 Å². The summed E-state index contributed by atoms with van der Waals surface area (Å²) in [6.07, 6.45) is 2.81. The number of carbonyl (C=O) groups is 1. The largest absolute Gasteiger partial charge is 0.480 e. The van der Waals surface area contributed by atoms with Crippen LogP contribution < -0.4 is 5.32 Å². The number of hydrogen-bond acceptors (Lipinski definition) is 4. The minimum Gasteiger partial charge on any atom is -0.480 e. The van der Waals surface area contributed by atoms with E-state index in [-0.39, 0.29) is 6.04 Å². The minimum atomic E-state index is -0.811. The van der Waals surface area contributed by atoms with E-state index in [2.05, 4.69) is 29.2 Å². The topological polar surface area (TPSA) is 55.8 Å². The van der Waals surface area contributed by atoms with Crippen molar-refractivity contribution in [2.75, 3.05) is 33.7 Å². The Bertz CT molecular complexity index is 320. The zero-order chi connectivity index (χ0) is 15.3. The van der Waals surface area contributed by atoms with Crippen molar-refractivity contribution in [3.05, 3.63) is 0 Å². The Hall–Kier alpha value is -0.650. The molecule has 1 aliphatic heterocycles. The van der Waals surface area contributed by atoms with Crippen LogP contribution in [0.2, 0.25) is 0 Å². The van der Waals surface area contributed by atoms with E-state index in [9.17, 15) is 9.90 Å². The SMILES string of the molecule is CC(C)NC(C)(CCCN1CCC(N(C)C)C1)C(=O)O. The molecule has 0 spiro atoms. The van der Waals surface area contributed by atoms with E-state index in [1.54, 1.807) is 6.92 Å². The van der Waals surface area contributed by atoms with E-state index < -0.39 is 11.5 Å². The van der Waals surface area contributed by atoms with Crippen LogP contribution in [0.3, 0.4) is 0 Å². The Labute approximate surface area is 123 Å². The lowest BCUT2D eigenvalue weighted by Crippen LogP contribution is -2.52. The number of aliphatic carboxylic acids is 1. The molecule has 5 heteroatoms. The molecule has 2 atom stereocenters. The van der Waals surface area contributed by atoms with E-state index in [0.29, 0.717) is 12.5 Å². The molecule has 0 amide bonds. The quantitative estimate of drug-likeness (QED) is 0.703. The third-order valence-corrected chi connectivity index (χ3v) is 4.21. The van der Waals surface area contributed by atoms with Gasteiger partial charge >= 0.3 is 5.97 Å². The van der Waals surface area contributed by atoms with Crippen LogP contribution >= 0.6 is 0 Å². The van der Waals surface area contributed by atoms with E-state index in [0.717, 1.165) is 26.1 Å². The number of nitrogens with zero attached hydrogens (tertiary/aromatic N) is 2. The Balaban J connectivity index is 2.37. The lowest BCUT2D eigenvalue weighted by Gasteiger charge is -2.29. The summed E-state index contributed by atoms with van der Waals surface area (Å²) in [7, 11) is 4.25. The van der Waals surface area contributed by atoms with Gasteiger partial charge in [-0.1, -0.05) is 0 Å². The van der Waals surface area contributed by atoms with E-state index in [1.165, 1.54) is 6.42 Å². The summed E-state index contributed by atoms with van der Waals surface area (Å²) in [5, 5.41) is 12.6. The monoisotopic (exact) mass is 285 g/mol. The van der Waals surface area contributed by atoms with Gasteiger partial charge in [0.2, 0.25) is 0 Å². The van der Waals surface area contributed by atoms with Gasteiger partial charge in [-0.25, -0.2) is 0 Å². The number of nitrogens with one attached hydrogen (secondary N) is 1. The molecule has 0 saturated carbocycles. The Kier molecular flexibility index (Phi) is 6.43. The Morgan fingerprint density at radius 3 is 2.60 bits per heavy atom. The molecule has 1 heterocycles. The first-order chi connectivity index (χ1) is 9.24. The lowest BCUT2D eigenvalue weighted by atomic mass is 9.95.